The zero-order valence-electron chi connectivity index (χ0n) is 15.4. The van der Waals surface area contributed by atoms with E-state index >= 15 is 0 Å². The van der Waals surface area contributed by atoms with Crippen LogP contribution in [0.1, 0.15) is 38.4 Å². The van der Waals surface area contributed by atoms with Gasteiger partial charge in [0, 0.05) is 52.2 Å². The minimum atomic E-state index is 0. The van der Waals surface area contributed by atoms with Crippen molar-refractivity contribution in [2.24, 2.45) is 10.9 Å². The summed E-state index contributed by atoms with van der Waals surface area (Å²) in [6, 6.07) is 0.851. The second-order valence-corrected chi connectivity index (χ2v) is 6.89. The molecule has 2 aliphatic rings. The molecule has 2 aliphatic carbocycles. The molecule has 0 bridgehead atoms. The first kappa shape index (κ1) is 20.4. The van der Waals surface area contributed by atoms with E-state index in [0.717, 1.165) is 56.3 Å². The van der Waals surface area contributed by atoms with Gasteiger partial charge in [0.05, 0.1) is 0 Å². The van der Waals surface area contributed by atoms with Crippen LogP contribution in [0.3, 0.4) is 0 Å². The number of hydrogen-bond donors (Lipinski definition) is 2. The van der Waals surface area contributed by atoms with Crippen molar-refractivity contribution in [1.29, 1.82) is 0 Å². The molecule has 0 amide bonds. The molecule has 0 atom stereocenters. The van der Waals surface area contributed by atoms with Gasteiger partial charge in [0.15, 0.2) is 5.96 Å². The molecule has 8 heteroatoms. The lowest BCUT2D eigenvalue weighted by Crippen LogP contribution is -2.43. The second kappa shape index (κ2) is 10.3. The third-order valence-corrected chi connectivity index (χ3v) is 4.83. The average Bonchev–Trinajstić information content (AvgIpc) is 3.51. The van der Waals surface area contributed by atoms with E-state index in [1.54, 1.807) is 6.33 Å². The maximum absolute atomic E-state index is 4.32. The highest BCUT2D eigenvalue weighted by Crippen LogP contribution is 2.34. The average molecular weight is 461 g/mol. The molecule has 7 nitrogen and oxygen atoms in total. The molecule has 25 heavy (non-hydrogen) atoms. The van der Waals surface area contributed by atoms with Gasteiger partial charge in [0.1, 0.15) is 12.2 Å². The Balaban J connectivity index is 0.00000225. The summed E-state index contributed by atoms with van der Waals surface area (Å²) >= 11 is 0. The lowest BCUT2D eigenvalue weighted by atomic mass is 10.3. The number of nitrogens with zero attached hydrogens (tertiary/aromatic N) is 5. The van der Waals surface area contributed by atoms with Crippen LogP contribution in [0.2, 0.25) is 0 Å². The van der Waals surface area contributed by atoms with Crippen LogP contribution in [0.15, 0.2) is 11.3 Å². The topological polar surface area (TPSA) is 70.4 Å². The summed E-state index contributed by atoms with van der Waals surface area (Å²) in [5, 5.41) is 14.9. The SMILES string of the molecule is CCc1nncn1CCNC(=NC)NCCN(CC1CC1)C1CC1.I. The molecule has 0 aromatic carbocycles. The summed E-state index contributed by atoms with van der Waals surface area (Å²) in [6.45, 7) is 7.14. The minimum absolute atomic E-state index is 0. The van der Waals surface area contributed by atoms with E-state index < -0.39 is 0 Å². The Kier molecular flexibility index (Phi) is 8.41. The molecule has 1 aromatic rings. The van der Waals surface area contributed by atoms with Crippen LogP contribution in [0.25, 0.3) is 0 Å². The highest BCUT2D eigenvalue weighted by atomic mass is 127. The van der Waals surface area contributed by atoms with Crippen molar-refractivity contribution in [1.82, 2.24) is 30.3 Å². The molecule has 1 heterocycles. The zero-order chi connectivity index (χ0) is 16.8. The molecule has 0 unspecified atom stereocenters. The Hall–Kier alpha value is -0.900. The zero-order valence-corrected chi connectivity index (χ0v) is 17.8. The van der Waals surface area contributed by atoms with E-state index in [1.807, 2.05) is 7.05 Å². The van der Waals surface area contributed by atoms with Crippen molar-refractivity contribution in [3.8, 4) is 0 Å². The Morgan fingerprint density at radius 1 is 1.28 bits per heavy atom. The summed E-state index contributed by atoms with van der Waals surface area (Å²) in [4.78, 5) is 6.98. The summed E-state index contributed by atoms with van der Waals surface area (Å²) in [6.07, 6.45) is 8.34. The van der Waals surface area contributed by atoms with Crippen LogP contribution < -0.4 is 10.6 Å². The first-order valence-electron chi connectivity index (χ1n) is 9.35. The van der Waals surface area contributed by atoms with Crippen molar-refractivity contribution in [2.75, 3.05) is 33.2 Å². The molecular formula is C17H32IN7. The van der Waals surface area contributed by atoms with Gasteiger partial charge >= 0.3 is 0 Å². The van der Waals surface area contributed by atoms with Gasteiger partial charge in [-0.15, -0.1) is 34.2 Å². The fourth-order valence-electron chi connectivity index (χ4n) is 3.07. The van der Waals surface area contributed by atoms with Crippen LogP contribution in [0.5, 0.6) is 0 Å². The van der Waals surface area contributed by atoms with Gasteiger partial charge in [-0.2, -0.15) is 0 Å². The number of aromatic nitrogens is 3. The summed E-state index contributed by atoms with van der Waals surface area (Å²) < 4.78 is 2.09. The van der Waals surface area contributed by atoms with Gasteiger partial charge in [0.25, 0.3) is 0 Å². The van der Waals surface area contributed by atoms with Crippen molar-refractivity contribution >= 4 is 29.9 Å². The van der Waals surface area contributed by atoms with Gasteiger partial charge < -0.3 is 15.2 Å². The fourth-order valence-corrected chi connectivity index (χ4v) is 3.07. The van der Waals surface area contributed by atoms with Gasteiger partial charge in [0.2, 0.25) is 0 Å². The second-order valence-electron chi connectivity index (χ2n) is 6.89. The first-order valence-corrected chi connectivity index (χ1v) is 9.35. The van der Waals surface area contributed by atoms with E-state index in [9.17, 15) is 0 Å². The van der Waals surface area contributed by atoms with Crippen LogP contribution in [-0.2, 0) is 13.0 Å². The number of nitrogens with one attached hydrogen (secondary N) is 2. The molecular weight excluding hydrogens is 429 g/mol. The van der Waals surface area contributed by atoms with Crippen molar-refractivity contribution in [3.63, 3.8) is 0 Å². The standard InChI is InChI=1S/C17H31N7.HI/c1-3-16-22-21-13-24(16)11-9-20-17(18-2)19-8-10-23(15-6-7-15)12-14-4-5-14;/h13-15H,3-12H2,1-2H3,(H2,18,19,20);1H. The van der Waals surface area contributed by atoms with Crippen molar-refractivity contribution < 1.29 is 0 Å². The van der Waals surface area contributed by atoms with Crippen LogP contribution in [0.4, 0.5) is 0 Å². The minimum Gasteiger partial charge on any atom is -0.355 e. The molecule has 2 N–H and O–H groups in total. The van der Waals surface area contributed by atoms with E-state index in [-0.39, 0.29) is 24.0 Å². The molecule has 142 valence electrons. The predicted molar refractivity (Wildman–Crippen MR) is 111 cm³/mol. The highest BCUT2D eigenvalue weighted by molar-refractivity contribution is 14.0. The lowest BCUT2D eigenvalue weighted by Gasteiger charge is -2.22. The number of halogens is 1. The van der Waals surface area contributed by atoms with E-state index in [1.165, 1.54) is 32.2 Å². The Morgan fingerprint density at radius 2 is 2.04 bits per heavy atom. The van der Waals surface area contributed by atoms with Crippen LogP contribution in [-0.4, -0.2) is 64.9 Å². The molecule has 0 aliphatic heterocycles. The molecule has 0 spiro atoms. The smallest absolute Gasteiger partial charge is 0.191 e. The lowest BCUT2D eigenvalue weighted by molar-refractivity contribution is 0.256. The quantitative estimate of drug-likeness (QED) is 0.314. The molecule has 2 saturated carbocycles. The van der Waals surface area contributed by atoms with Gasteiger partial charge in [-0.05, 0) is 31.6 Å². The van der Waals surface area contributed by atoms with Crippen LogP contribution >= 0.6 is 24.0 Å². The maximum Gasteiger partial charge on any atom is 0.191 e. The summed E-state index contributed by atoms with van der Waals surface area (Å²) in [5.41, 5.74) is 0. The molecule has 0 radical (unpaired) electrons. The third-order valence-electron chi connectivity index (χ3n) is 4.83. The number of hydrogen-bond acceptors (Lipinski definition) is 4. The van der Waals surface area contributed by atoms with Crippen LogP contribution in [0, 0.1) is 5.92 Å². The largest absolute Gasteiger partial charge is 0.355 e. The Bertz CT molecular complexity index is 537. The maximum atomic E-state index is 4.32. The Labute approximate surface area is 168 Å². The van der Waals surface area contributed by atoms with Crippen molar-refractivity contribution in [3.05, 3.63) is 12.2 Å². The number of rotatable bonds is 10. The fraction of sp³-hybridized carbons (Fsp3) is 0.824. The molecule has 1 aromatic heterocycles. The van der Waals surface area contributed by atoms with Gasteiger partial charge in [-0.3, -0.25) is 9.89 Å². The van der Waals surface area contributed by atoms with E-state index in [4.69, 9.17) is 0 Å². The highest BCUT2D eigenvalue weighted by Gasteiger charge is 2.33. The number of aryl methyl sites for hydroxylation is 1. The van der Waals surface area contributed by atoms with E-state index in [2.05, 4.69) is 42.2 Å². The summed E-state index contributed by atoms with van der Waals surface area (Å²) in [7, 11) is 1.83. The van der Waals surface area contributed by atoms with Gasteiger partial charge in [-0.1, -0.05) is 6.92 Å². The number of guanidine groups is 1. The predicted octanol–water partition coefficient (Wildman–Crippen LogP) is 1.50. The van der Waals surface area contributed by atoms with Gasteiger partial charge in [-0.25, -0.2) is 0 Å². The third kappa shape index (κ3) is 6.73. The summed E-state index contributed by atoms with van der Waals surface area (Å²) in [5.74, 6) is 2.88. The molecule has 0 saturated heterocycles. The molecule has 2 fully saturated rings. The normalized spacial score (nSPS) is 17.5. The van der Waals surface area contributed by atoms with E-state index in [0.29, 0.717) is 0 Å². The number of aliphatic imine (C=N–C) groups is 1. The molecule has 3 rings (SSSR count). The Morgan fingerprint density at radius 3 is 2.68 bits per heavy atom. The first-order chi connectivity index (χ1) is 11.8. The monoisotopic (exact) mass is 461 g/mol. The van der Waals surface area contributed by atoms with Crippen molar-refractivity contribution in [2.45, 2.75) is 51.6 Å².